The highest BCUT2D eigenvalue weighted by atomic mass is 16.5. The summed E-state index contributed by atoms with van der Waals surface area (Å²) in [6.07, 6.45) is 2.70. The number of hydrogen-bond donors (Lipinski definition) is 1. The van der Waals surface area contributed by atoms with Crippen LogP contribution in [0.15, 0.2) is 34.9 Å². The van der Waals surface area contributed by atoms with E-state index < -0.39 is 0 Å². The molecular weight excluding hydrogens is 332 g/mol. The summed E-state index contributed by atoms with van der Waals surface area (Å²) in [4.78, 5) is 2.37. The van der Waals surface area contributed by atoms with Crippen LogP contribution >= 0.6 is 0 Å². The molecule has 1 N–H and O–H groups in total. The molecule has 2 atom stereocenters. The molecule has 0 radical (unpaired) electrons. The fourth-order valence-corrected chi connectivity index (χ4v) is 3.76. The maximum atomic E-state index is 6.26. The van der Waals surface area contributed by atoms with E-state index in [4.69, 9.17) is 13.9 Å². The molecule has 2 aliphatic rings. The van der Waals surface area contributed by atoms with Crippen LogP contribution in [0.1, 0.15) is 17.9 Å². The Morgan fingerprint density at radius 3 is 3.08 bits per heavy atom. The molecule has 2 unspecified atom stereocenters. The first kappa shape index (κ1) is 17.5. The van der Waals surface area contributed by atoms with Gasteiger partial charge in [-0.25, -0.2) is 0 Å². The Bertz CT molecular complexity index is 691. The Hall–Kier alpha value is -1.96. The highest BCUT2D eigenvalue weighted by Gasteiger charge is 2.43. The number of furan rings is 1. The van der Waals surface area contributed by atoms with Crippen molar-refractivity contribution < 1.29 is 13.9 Å². The number of nitrogens with one attached hydrogen (secondary N) is 1. The van der Waals surface area contributed by atoms with Crippen LogP contribution in [0, 0.1) is 12.8 Å². The minimum absolute atomic E-state index is 0.228. The lowest BCUT2D eigenvalue weighted by molar-refractivity contribution is -0.0565. The van der Waals surface area contributed by atoms with Crippen molar-refractivity contribution in [2.45, 2.75) is 25.5 Å². The fourth-order valence-electron chi connectivity index (χ4n) is 3.76. The van der Waals surface area contributed by atoms with E-state index in [1.165, 1.54) is 0 Å². The van der Waals surface area contributed by atoms with Crippen molar-refractivity contribution >= 4 is 5.82 Å². The molecule has 26 heavy (non-hydrogen) atoms. The lowest BCUT2D eigenvalue weighted by atomic mass is 9.94. The second kappa shape index (κ2) is 7.73. The first-order chi connectivity index (χ1) is 12.7. The summed E-state index contributed by atoms with van der Waals surface area (Å²) in [6, 6.07) is 7.88. The molecule has 7 heteroatoms. The number of aromatic nitrogens is 2. The molecule has 4 heterocycles. The zero-order valence-corrected chi connectivity index (χ0v) is 15.2. The summed E-state index contributed by atoms with van der Waals surface area (Å²) < 4.78 is 17.6. The predicted octanol–water partition coefficient (Wildman–Crippen LogP) is 2.10. The van der Waals surface area contributed by atoms with Gasteiger partial charge < -0.3 is 19.2 Å². The van der Waals surface area contributed by atoms with Gasteiger partial charge in [0.05, 0.1) is 38.3 Å². The van der Waals surface area contributed by atoms with Crippen LogP contribution in [0.3, 0.4) is 0 Å². The van der Waals surface area contributed by atoms with E-state index >= 15 is 0 Å². The summed E-state index contributed by atoms with van der Waals surface area (Å²) in [5.41, 5.74) is 0.694. The zero-order chi connectivity index (χ0) is 17.8. The van der Waals surface area contributed by atoms with Crippen molar-refractivity contribution in [1.82, 2.24) is 15.1 Å². The van der Waals surface area contributed by atoms with Crippen LogP contribution in [-0.2, 0) is 16.0 Å². The highest BCUT2D eigenvalue weighted by molar-refractivity contribution is 5.32. The number of rotatable bonds is 5. The molecular formula is C19H26N4O3. The average molecular weight is 358 g/mol. The van der Waals surface area contributed by atoms with Gasteiger partial charge in [-0.05, 0) is 37.6 Å². The van der Waals surface area contributed by atoms with Gasteiger partial charge >= 0.3 is 0 Å². The molecule has 7 nitrogen and oxygen atoms in total. The number of aryl methyl sites for hydroxylation is 1. The summed E-state index contributed by atoms with van der Waals surface area (Å²) in [6.45, 7) is 7.45. The number of nitrogens with zero attached hydrogens (tertiary/aromatic N) is 3. The van der Waals surface area contributed by atoms with E-state index in [-0.39, 0.29) is 5.60 Å². The molecule has 1 spiro atoms. The molecule has 0 saturated carbocycles. The molecule has 2 saturated heterocycles. The largest absolute Gasteiger partial charge is 0.468 e. The van der Waals surface area contributed by atoms with E-state index in [1.807, 2.05) is 31.2 Å². The van der Waals surface area contributed by atoms with E-state index in [2.05, 4.69) is 20.4 Å². The molecule has 0 amide bonds. The smallest absolute Gasteiger partial charge is 0.148 e. The lowest BCUT2D eigenvalue weighted by Crippen LogP contribution is -2.43. The normalized spacial score (nSPS) is 26.9. The average Bonchev–Trinajstić information content (AvgIpc) is 3.24. The van der Waals surface area contributed by atoms with Crippen molar-refractivity contribution in [3.05, 3.63) is 42.0 Å². The minimum Gasteiger partial charge on any atom is -0.468 e. The zero-order valence-electron chi connectivity index (χ0n) is 15.2. The van der Waals surface area contributed by atoms with E-state index in [0.29, 0.717) is 12.5 Å². The van der Waals surface area contributed by atoms with E-state index in [0.717, 1.165) is 63.1 Å². The topological polar surface area (TPSA) is 72.7 Å². The van der Waals surface area contributed by atoms with Crippen LogP contribution < -0.4 is 5.32 Å². The van der Waals surface area contributed by atoms with Gasteiger partial charge in [0.1, 0.15) is 17.2 Å². The highest BCUT2D eigenvalue weighted by Crippen LogP contribution is 2.33. The summed E-state index contributed by atoms with van der Waals surface area (Å²) in [5, 5.41) is 11.6. The third-order valence-electron chi connectivity index (χ3n) is 5.04. The van der Waals surface area contributed by atoms with E-state index in [9.17, 15) is 0 Å². The van der Waals surface area contributed by atoms with Crippen molar-refractivity contribution in [2.24, 2.45) is 5.92 Å². The number of ether oxygens (including phenoxy) is 2. The van der Waals surface area contributed by atoms with Crippen molar-refractivity contribution in [1.29, 1.82) is 0 Å². The SMILES string of the molecule is Cc1ccc(NCC2COC3(COCCN(Cc4ccco4)C3)C2)nn1. The third-order valence-corrected chi connectivity index (χ3v) is 5.04. The van der Waals surface area contributed by atoms with Gasteiger partial charge in [-0.3, -0.25) is 4.90 Å². The standard InChI is InChI=1S/C19H26N4O3/c1-15-4-5-18(22-21-15)20-10-16-9-19(26-12-16)13-23(6-8-24-14-19)11-17-3-2-7-25-17/h2-5,7,16H,6,8-14H2,1H3,(H,20,22). The van der Waals surface area contributed by atoms with Gasteiger partial charge in [-0.1, -0.05) is 0 Å². The van der Waals surface area contributed by atoms with Gasteiger partial charge in [0.2, 0.25) is 0 Å². The van der Waals surface area contributed by atoms with Crippen LogP contribution in [0.25, 0.3) is 0 Å². The predicted molar refractivity (Wildman–Crippen MR) is 96.9 cm³/mol. The number of hydrogen-bond acceptors (Lipinski definition) is 7. The molecule has 2 aromatic rings. The van der Waals surface area contributed by atoms with E-state index in [1.54, 1.807) is 6.26 Å². The monoisotopic (exact) mass is 358 g/mol. The van der Waals surface area contributed by atoms with Gasteiger partial charge in [0.15, 0.2) is 0 Å². The Labute approximate surface area is 153 Å². The van der Waals surface area contributed by atoms with Crippen LogP contribution in [0.5, 0.6) is 0 Å². The Morgan fingerprint density at radius 2 is 2.27 bits per heavy atom. The van der Waals surface area contributed by atoms with Crippen LogP contribution in [-0.4, -0.2) is 60.2 Å². The van der Waals surface area contributed by atoms with Crippen LogP contribution in [0.2, 0.25) is 0 Å². The first-order valence-corrected chi connectivity index (χ1v) is 9.21. The molecule has 0 bridgehead atoms. The van der Waals surface area contributed by atoms with Gasteiger partial charge in [0.25, 0.3) is 0 Å². The maximum absolute atomic E-state index is 6.26. The Balaban J connectivity index is 1.33. The summed E-state index contributed by atoms with van der Waals surface area (Å²) >= 11 is 0. The van der Waals surface area contributed by atoms with Crippen molar-refractivity contribution in [3.63, 3.8) is 0 Å². The lowest BCUT2D eigenvalue weighted by Gasteiger charge is -2.30. The Kier molecular flexibility index (Phi) is 5.19. The fraction of sp³-hybridized carbons (Fsp3) is 0.579. The second-order valence-electron chi connectivity index (χ2n) is 7.35. The molecule has 2 aromatic heterocycles. The van der Waals surface area contributed by atoms with Crippen LogP contribution in [0.4, 0.5) is 5.82 Å². The third kappa shape index (κ3) is 4.23. The second-order valence-corrected chi connectivity index (χ2v) is 7.35. The molecule has 4 rings (SSSR count). The van der Waals surface area contributed by atoms with Gasteiger partial charge in [-0.2, -0.15) is 5.10 Å². The minimum atomic E-state index is -0.228. The summed E-state index contributed by atoms with van der Waals surface area (Å²) in [5.74, 6) is 2.23. The first-order valence-electron chi connectivity index (χ1n) is 9.21. The maximum Gasteiger partial charge on any atom is 0.148 e. The molecule has 0 aliphatic carbocycles. The quantitative estimate of drug-likeness (QED) is 0.877. The number of anilines is 1. The van der Waals surface area contributed by atoms with Gasteiger partial charge in [0, 0.05) is 25.6 Å². The summed E-state index contributed by atoms with van der Waals surface area (Å²) in [7, 11) is 0. The molecule has 2 fully saturated rings. The Morgan fingerprint density at radius 1 is 1.31 bits per heavy atom. The van der Waals surface area contributed by atoms with Crippen molar-refractivity contribution in [3.8, 4) is 0 Å². The van der Waals surface area contributed by atoms with Crippen molar-refractivity contribution in [2.75, 3.05) is 44.8 Å². The molecule has 2 aliphatic heterocycles. The molecule has 140 valence electrons. The molecule has 0 aromatic carbocycles. The van der Waals surface area contributed by atoms with Gasteiger partial charge in [-0.15, -0.1) is 5.10 Å².